The largest absolute Gasteiger partial charge is 0.465 e. The van der Waals surface area contributed by atoms with Crippen molar-refractivity contribution in [3.05, 3.63) is 29.8 Å². The van der Waals surface area contributed by atoms with E-state index in [2.05, 4.69) is 4.74 Å². The van der Waals surface area contributed by atoms with Crippen molar-refractivity contribution in [1.82, 2.24) is 0 Å². The highest BCUT2D eigenvalue weighted by molar-refractivity contribution is 7.85. The van der Waals surface area contributed by atoms with Gasteiger partial charge in [-0.1, -0.05) is 0 Å². The molecule has 0 aliphatic rings. The van der Waals surface area contributed by atoms with Crippen molar-refractivity contribution in [3.8, 4) is 0 Å². The van der Waals surface area contributed by atoms with Gasteiger partial charge in [0.1, 0.15) is 0 Å². The molecule has 0 fully saturated rings. The van der Waals surface area contributed by atoms with Crippen LogP contribution < -0.4 is 0 Å². The number of hydrogen-bond donors (Lipinski definition) is 1. The second kappa shape index (κ2) is 3.77. The molecule has 0 spiro atoms. The van der Waals surface area contributed by atoms with Crippen LogP contribution in [0, 0.1) is 0 Å². The number of esters is 1. The zero-order chi connectivity index (χ0) is 10.8. The Labute approximate surface area is 81.1 Å². The summed E-state index contributed by atoms with van der Waals surface area (Å²) >= 11 is 0. The third-order valence-corrected chi connectivity index (χ3v) is 2.44. The van der Waals surface area contributed by atoms with Gasteiger partial charge < -0.3 is 4.74 Å². The standard InChI is InChI=1S/C8H8O5S/c1-13-8(9)6-2-4-7(5-3-6)14(10,11)12/h2-5H,1H3,(H,10,11,12). The summed E-state index contributed by atoms with van der Waals surface area (Å²) in [5, 5.41) is 0. The Hall–Kier alpha value is -1.40. The predicted octanol–water partition coefficient (Wildman–Crippen LogP) is 0.720. The Morgan fingerprint density at radius 3 is 2.14 bits per heavy atom. The lowest BCUT2D eigenvalue weighted by Crippen LogP contribution is -2.02. The molecule has 1 N–H and O–H groups in total. The minimum atomic E-state index is -4.20. The number of methoxy groups -OCH3 is 1. The van der Waals surface area contributed by atoms with Crippen LogP contribution in [0.2, 0.25) is 0 Å². The molecule has 5 nitrogen and oxygen atoms in total. The molecule has 0 amide bonds. The lowest BCUT2D eigenvalue weighted by molar-refractivity contribution is 0.0600. The highest BCUT2D eigenvalue weighted by atomic mass is 32.2. The molecule has 0 heterocycles. The molecule has 6 heteroatoms. The first-order valence-corrected chi connectivity index (χ1v) is 5.05. The molecule has 0 bridgehead atoms. The van der Waals surface area contributed by atoms with Crippen LogP contribution in [0.3, 0.4) is 0 Å². The Kier molecular flexibility index (Phi) is 2.87. The number of rotatable bonds is 2. The van der Waals surface area contributed by atoms with E-state index < -0.39 is 16.1 Å². The molecular formula is C8H8O5S. The van der Waals surface area contributed by atoms with Crippen LogP contribution in [-0.2, 0) is 14.9 Å². The Balaban J connectivity index is 3.07. The van der Waals surface area contributed by atoms with E-state index in [1.807, 2.05) is 0 Å². The van der Waals surface area contributed by atoms with Crippen molar-refractivity contribution < 1.29 is 22.5 Å². The number of hydrogen-bond acceptors (Lipinski definition) is 4. The van der Waals surface area contributed by atoms with E-state index in [1.54, 1.807) is 0 Å². The zero-order valence-corrected chi connectivity index (χ0v) is 8.11. The maximum Gasteiger partial charge on any atom is 0.337 e. The van der Waals surface area contributed by atoms with Crippen LogP contribution in [-0.4, -0.2) is 26.0 Å². The van der Waals surface area contributed by atoms with Crippen LogP contribution in [0.1, 0.15) is 10.4 Å². The molecular weight excluding hydrogens is 208 g/mol. The number of carbonyl (C=O) groups excluding carboxylic acids is 1. The first-order valence-electron chi connectivity index (χ1n) is 3.61. The van der Waals surface area contributed by atoms with E-state index in [4.69, 9.17) is 4.55 Å². The fourth-order valence-electron chi connectivity index (χ4n) is 0.881. The summed E-state index contributed by atoms with van der Waals surface area (Å²) in [6.45, 7) is 0. The minimum absolute atomic E-state index is 0.222. The second-order valence-corrected chi connectivity index (χ2v) is 3.91. The molecule has 0 unspecified atom stereocenters. The van der Waals surface area contributed by atoms with Crippen molar-refractivity contribution in [3.63, 3.8) is 0 Å². The zero-order valence-electron chi connectivity index (χ0n) is 7.30. The van der Waals surface area contributed by atoms with Crippen molar-refractivity contribution in [1.29, 1.82) is 0 Å². The van der Waals surface area contributed by atoms with Gasteiger partial charge in [-0.25, -0.2) is 4.79 Å². The van der Waals surface area contributed by atoms with E-state index in [0.717, 1.165) is 12.1 Å². The van der Waals surface area contributed by atoms with Gasteiger partial charge in [-0.15, -0.1) is 0 Å². The van der Waals surface area contributed by atoms with E-state index in [0.29, 0.717) is 0 Å². The lowest BCUT2D eigenvalue weighted by atomic mass is 10.2. The van der Waals surface area contributed by atoms with Gasteiger partial charge in [0.2, 0.25) is 0 Å². The molecule has 1 rings (SSSR count). The van der Waals surface area contributed by atoms with E-state index in [-0.39, 0.29) is 10.5 Å². The quantitative estimate of drug-likeness (QED) is 0.582. The highest BCUT2D eigenvalue weighted by Crippen LogP contribution is 2.10. The molecule has 1 aromatic rings. The third-order valence-electron chi connectivity index (χ3n) is 1.57. The molecule has 0 saturated carbocycles. The number of ether oxygens (including phenoxy) is 1. The summed E-state index contributed by atoms with van der Waals surface area (Å²) in [6, 6.07) is 4.77. The van der Waals surface area contributed by atoms with Crippen LogP contribution in [0.4, 0.5) is 0 Å². The fraction of sp³-hybridized carbons (Fsp3) is 0.125. The maximum atomic E-state index is 10.9. The van der Waals surface area contributed by atoms with E-state index in [1.165, 1.54) is 19.2 Å². The van der Waals surface area contributed by atoms with Crippen LogP contribution >= 0.6 is 0 Å². The first-order chi connectivity index (χ1) is 6.45. The minimum Gasteiger partial charge on any atom is -0.465 e. The first kappa shape index (κ1) is 10.7. The van der Waals surface area contributed by atoms with Crippen molar-refractivity contribution in [2.75, 3.05) is 7.11 Å². The van der Waals surface area contributed by atoms with Gasteiger partial charge in [-0.05, 0) is 24.3 Å². The molecule has 0 aliphatic carbocycles. The van der Waals surface area contributed by atoms with Gasteiger partial charge in [-0.3, -0.25) is 4.55 Å². The van der Waals surface area contributed by atoms with Gasteiger partial charge in [0.25, 0.3) is 10.1 Å². The van der Waals surface area contributed by atoms with Crippen molar-refractivity contribution in [2.45, 2.75) is 4.90 Å². The lowest BCUT2D eigenvalue weighted by Gasteiger charge is -1.99. The van der Waals surface area contributed by atoms with Crippen molar-refractivity contribution in [2.24, 2.45) is 0 Å². The van der Waals surface area contributed by atoms with Crippen molar-refractivity contribution >= 4 is 16.1 Å². The predicted molar refractivity (Wildman–Crippen MR) is 47.6 cm³/mol. The Bertz CT molecular complexity index is 431. The van der Waals surface area contributed by atoms with Gasteiger partial charge in [0.05, 0.1) is 17.6 Å². The average molecular weight is 216 g/mol. The van der Waals surface area contributed by atoms with Crippen LogP contribution in [0.25, 0.3) is 0 Å². The van der Waals surface area contributed by atoms with Gasteiger partial charge in [0.15, 0.2) is 0 Å². The van der Waals surface area contributed by atoms with Crippen LogP contribution in [0.5, 0.6) is 0 Å². The summed E-state index contributed by atoms with van der Waals surface area (Å²) in [4.78, 5) is 10.7. The fourth-order valence-corrected chi connectivity index (χ4v) is 1.36. The molecule has 0 aliphatic heterocycles. The summed E-state index contributed by atoms with van der Waals surface area (Å²) in [5.41, 5.74) is 0.222. The SMILES string of the molecule is COC(=O)c1ccc(S(=O)(=O)O)cc1. The number of benzene rings is 1. The van der Waals surface area contributed by atoms with E-state index >= 15 is 0 Å². The molecule has 1 aromatic carbocycles. The van der Waals surface area contributed by atoms with Gasteiger partial charge in [0, 0.05) is 0 Å². The molecule has 0 atom stereocenters. The van der Waals surface area contributed by atoms with Gasteiger partial charge >= 0.3 is 5.97 Å². The van der Waals surface area contributed by atoms with E-state index in [9.17, 15) is 13.2 Å². The third kappa shape index (κ3) is 2.30. The maximum absolute atomic E-state index is 10.9. The summed E-state index contributed by atoms with van der Waals surface area (Å²) in [5.74, 6) is -0.563. The monoisotopic (exact) mass is 216 g/mol. The Morgan fingerprint density at radius 2 is 1.79 bits per heavy atom. The summed E-state index contributed by atoms with van der Waals surface area (Å²) in [6.07, 6.45) is 0. The smallest absolute Gasteiger partial charge is 0.337 e. The normalized spacial score (nSPS) is 11.0. The average Bonchev–Trinajstić information content (AvgIpc) is 2.15. The topological polar surface area (TPSA) is 80.7 Å². The molecule has 0 aromatic heterocycles. The van der Waals surface area contributed by atoms with Crippen LogP contribution in [0.15, 0.2) is 29.2 Å². The molecule has 0 saturated heterocycles. The molecule has 0 radical (unpaired) electrons. The second-order valence-electron chi connectivity index (χ2n) is 2.49. The number of carbonyl (C=O) groups is 1. The summed E-state index contributed by atoms with van der Waals surface area (Å²) in [7, 11) is -2.98. The Morgan fingerprint density at radius 1 is 1.29 bits per heavy atom. The van der Waals surface area contributed by atoms with Gasteiger partial charge in [-0.2, -0.15) is 8.42 Å². The summed E-state index contributed by atoms with van der Waals surface area (Å²) < 4.78 is 34.3. The molecule has 76 valence electrons. The molecule has 14 heavy (non-hydrogen) atoms. The highest BCUT2D eigenvalue weighted by Gasteiger charge is 2.10.